The second-order valence-corrected chi connectivity index (χ2v) is 5.36. The van der Waals surface area contributed by atoms with Crippen LogP contribution in [-0.4, -0.2) is 20.1 Å². The summed E-state index contributed by atoms with van der Waals surface area (Å²) in [6.45, 7) is 0. The number of nitrogens with zero attached hydrogens (tertiary/aromatic N) is 4. The lowest BCUT2D eigenvalue weighted by Gasteiger charge is -1.85. The van der Waals surface area contributed by atoms with E-state index < -0.39 is 4.92 Å². The number of nitro groups is 1. The highest BCUT2D eigenvalue weighted by molar-refractivity contribution is 8.02. The van der Waals surface area contributed by atoms with E-state index in [4.69, 9.17) is 0 Å². The molecule has 0 aliphatic carbocycles. The van der Waals surface area contributed by atoms with Crippen molar-refractivity contribution in [2.45, 2.75) is 8.68 Å². The van der Waals surface area contributed by atoms with Gasteiger partial charge in [-0.05, 0) is 23.1 Å². The summed E-state index contributed by atoms with van der Waals surface area (Å²) in [6, 6.07) is 0. The van der Waals surface area contributed by atoms with Crippen LogP contribution in [0.15, 0.2) is 20.4 Å². The van der Waals surface area contributed by atoms with Gasteiger partial charge in [-0.25, -0.2) is 4.98 Å². The van der Waals surface area contributed by atoms with Crippen molar-refractivity contribution in [2.24, 2.45) is 0 Å². The predicted octanol–water partition coefficient (Wildman–Crippen LogP) is 2.05. The first-order valence-corrected chi connectivity index (χ1v) is 5.81. The monoisotopic (exact) mass is 246 g/mol. The van der Waals surface area contributed by atoms with Crippen molar-refractivity contribution < 1.29 is 4.92 Å². The molecule has 2 heterocycles. The minimum atomic E-state index is -0.457. The summed E-state index contributed by atoms with van der Waals surface area (Å²) < 4.78 is 1.34. The van der Waals surface area contributed by atoms with Crippen molar-refractivity contribution in [3.05, 3.63) is 21.8 Å². The first-order chi connectivity index (χ1) is 6.75. The molecule has 0 radical (unpaired) electrons. The normalized spacial score (nSPS) is 10.3. The van der Waals surface area contributed by atoms with Crippen LogP contribution < -0.4 is 0 Å². The van der Waals surface area contributed by atoms with Gasteiger partial charge in [0.25, 0.3) is 0 Å². The summed E-state index contributed by atoms with van der Waals surface area (Å²) in [5.41, 5.74) is 1.60. The summed E-state index contributed by atoms with van der Waals surface area (Å²) >= 11 is 3.68. The number of hydrogen-bond donors (Lipinski definition) is 0. The minimum Gasteiger partial charge on any atom is -0.257 e. The molecule has 0 aromatic carbocycles. The summed E-state index contributed by atoms with van der Waals surface area (Å²) in [5, 5.41) is 17.8. The van der Waals surface area contributed by atoms with E-state index in [1.54, 1.807) is 5.51 Å². The molecule has 0 aliphatic rings. The molecule has 0 fully saturated rings. The Morgan fingerprint density at radius 3 is 2.93 bits per heavy atom. The topological polar surface area (TPSA) is 81.8 Å². The molecule has 2 aromatic rings. The smallest absolute Gasteiger partial charge is 0.257 e. The van der Waals surface area contributed by atoms with Crippen molar-refractivity contribution >= 4 is 39.4 Å². The SMILES string of the molecule is O=[N+]([O-])c1cnc(Sc2nncs2)s1. The van der Waals surface area contributed by atoms with Crippen LogP contribution in [0.5, 0.6) is 0 Å². The Labute approximate surface area is 90.2 Å². The van der Waals surface area contributed by atoms with Crippen LogP contribution in [0.2, 0.25) is 0 Å². The Morgan fingerprint density at radius 2 is 2.36 bits per heavy atom. The van der Waals surface area contributed by atoms with Gasteiger partial charge in [-0.2, -0.15) is 0 Å². The average Bonchev–Trinajstić information content (AvgIpc) is 2.75. The minimum absolute atomic E-state index is 0.0389. The Bertz CT molecular complexity index is 440. The molecule has 2 rings (SSSR count). The lowest BCUT2D eigenvalue weighted by molar-refractivity contribution is -0.380. The molecule has 6 nitrogen and oxygen atoms in total. The first-order valence-electron chi connectivity index (χ1n) is 3.30. The first kappa shape index (κ1) is 9.49. The van der Waals surface area contributed by atoms with Crippen molar-refractivity contribution in [3.63, 3.8) is 0 Å². The highest BCUT2D eigenvalue weighted by Gasteiger charge is 2.13. The zero-order valence-corrected chi connectivity index (χ0v) is 8.93. The summed E-state index contributed by atoms with van der Waals surface area (Å²) in [5.74, 6) is 0. The van der Waals surface area contributed by atoms with E-state index in [1.165, 1.54) is 29.3 Å². The van der Waals surface area contributed by atoms with Gasteiger partial charge in [-0.15, -0.1) is 10.2 Å². The van der Waals surface area contributed by atoms with Crippen LogP contribution in [0.1, 0.15) is 0 Å². The van der Waals surface area contributed by atoms with Crippen LogP contribution >= 0.6 is 34.4 Å². The Morgan fingerprint density at radius 1 is 1.50 bits per heavy atom. The van der Waals surface area contributed by atoms with E-state index in [0.29, 0.717) is 4.34 Å². The predicted molar refractivity (Wildman–Crippen MR) is 52.8 cm³/mol. The summed E-state index contributed by atoms with van der Waals surface area (Å²) in [4.78, 5) is 13.8. The van der Waals surface area contributed by atoms with Gasteiger partial charge in [0, 0.05) is 0 Å². The third kappa shape index (κ3) is 2.05. The fourth-order valence-corrected chi connectivity index (χ4v) is 3.13. The molecule has 0 spiro atoms. The molecule has 0 atom stereocenters. The Balaban J connectivity index is 2.14. The zero-order chi connectivity index (χ0) is 9.97. The lowest BCUT2D eigenvalue weighted by Crippen LogP contribution is -1.80. The van der Waals surface area contributed by atoms with Crippen LogP contribution in [-0.2, 0) is 0 Å². The van der Waals surface area contributed by atoms with E-state index in [0.717, 1.165) is 15.7 Å². The van der Waals surface area contributed by atoms with E-state index in [1.807, 2.05) is 0 Å². The molecule has 14 heavy (non-hydrogen) atoms. The van der Waals surface area contributed by atoms with E-state index in [9.17, 15) is 10.1 Å². The molecule has 2 aromatic heterocycles. The van der Waals surface area contributed by atoms with E-state index in [-0.39, 0.29) is 5.00 Å². The molecular formula is C5H2N4O2S3. The second kappa shape index (κ2) is 3.98. The lowest BCUT2D eigenvalue weighted by atomic mass is 10.9. The number of hydrogen-bond acceptors (Lipinski definition) is 8. The second-order valence-electron chi connectivity index (χ2n) is 2.03. The quantitative estimate of drug-likeness (QED) is 0.609. The number of aromatic nitrogens is 3. The van der Waals surface area contributed by atoms with Crippen LogP contribution in [0.3, 0.4) is 0 Å². The largest absolute Gasteiger partial charge is 0.344 e. The van der Waals surface area contributed by atoms with Crippen molar-refractivity contribution in [2.75, 3.05) is 0 Å². The summed E-state index contributed by atoms with van der Waals surface area (Å²) in [7, 11) is 0. The Hall–Kier alpha value is -1.06. The average molecular weight is 246 g/mol. The van der Waals surface area contributed by atoms with Gasteiger partial charge >= 0.3 is 5.00 Å². The van der Waals surface area contributed by atoms with Crippen LogP contribution in [0.4, 0.5) is 5.00 Å². The summed E-state index contributed by atoms with van der Waals surface area (Å²) in [6.07, 6.45) is 1.24. The molecule has 0 aliphatic heterocycles. The molecule has 0 saturated heterocycles. The molecule has 0 bridgehead atoms. The van der Waals surface area contributed by atoms with Gasteiger partial charge in [0.1, 0.15) is 11.7 Å². The molecular weight excluding hydrogens is 244 g/mol. The van der Waals surface area contributed by atoms with Gasteiger partial charge in [0.05, 0.1) is 4.92 Å². The van der Waals surface area contributed by atoms with Crippen molar-refractivity contribution in [1.29, 1.82) is 0 Å². The molecule has 0 saturated carbocycles. The maximum Gasteiger partial charge on any atom is 0.344 e. The molecule has 0 unspecified atom stereocenters. The fraction of sp³-hybridized carbons (Fsp3) is 0. The third-order valence-electron chi connectivity index (χ3n) is 1.17. The molecule has 0 amide bonds. The van der Waals surface area contributed by atoms with Gasteiger partial charge in [-0.1, -0.05) is 11.3 Å². The van der Waals surface area contributed by atoms with Gasteiger partial charge in [-0.3, -0.25) is 10.1 Å². The van der Waals surface area contributed by atoms with Crippen LogP contribution in [0, 0.1) is 10.1 Å². The third-order valence-corrected chi connectivity index (χ3v) is 3.97. The highest BCUT2D eigenvalue weighted by atomic mass is 32.2. The molecule has 72 valence electrons. The number of thiazole rings is 1. The highest BCUT2D eigenvalue weighted by Crippen LogP contribution is 2.34. The van der Waals surface area contributed by atoms with E-state index in [2.05, 4.69) is 15.2 Å². The van der Waals surface area contributed by atoms with Gasteiger partial charge < -0.3 is 0 Å². The van der Waals surface area contributed by atoms with E-state index >= 15 is 0 Å². The van der Waals surface area contributed by atoms with Gasteiger partial charge in [0.2, 0.25) is 0 Å². The number of rotatable bonds is 3. The van der Waals surface area contributed by atoms with Crippen molar-refractivity contribution in [3.8, 4) is 0 Å². The van der Waals surface area contributed by atoms with Crippen LogP contribution in [0.25, 0.3) is 0 Å². The standard InChI is InChI=1S/C5H2N4O2S3/c10-9(11)3-1-6-4(13-3)14-5-8-7-2-12-5/h1-2H. The fourth-order valence-electron chi connectivity index (χ4n) is 0.664. The Kier molecular flexibility index (Phi) is 2.70. The maximum atomic E-state index is 10.4. The van der Waals surface area contributed by atoms with Gasteiger partial charge in [0.15, 0.2) is 8.68 Å². The van der Waals surface area contributed by atoms with Crippen molar-refractivity contribution in [1.82, 2.24) is 15.2 Å². The molecule has 0 N–H and O–H groups in total. The zero-order valence-electron chi connectivity index (χ0n) is 6.48. The molecule has 9 heteroatoms. The maximum absolute atomic E-state index is 10.4.